The van der Waals surface area contributed by atoms with Gasteiger partial charge in [0.1, 0.15) is 11.5 Å². The molecule has 1 aromatic carbocycles. The van der Waals surface area contributed by atoms with Crippen LogP contribution in [0.3, 0.4) is 0 Å². The van der Waals surface area contributed by atoms with Gasteiger partial charge < -0.3 is 9.47 Å². The summed E-state index contributed by atoms with van der Waals surface area (Å²) in [4.78, 5) is 50.5. The Kier molecular flexibility index (Phi) is 4.23. The third-order valence-corrected chi connectivity index (χ3v) is 4.43. The van der Waals surface area contributed by atoms with Crippen LogP contribution in [0.4, 0.5) is 5.69 Å². The number of anilines is 1. The Morgan fingerprint density at radius 2 is 1.77 bits per heavy atom. The Morgan fingerprint density at radius 3 is 2.31 bits per heavy atom. The van der Waals surface area contributed by atoms with E-state index in [-0.39, 0.29) is 18.6 Å². The second-order valence-corrected chi connectivity index (χ2v) is 5.99. The predicted octanol–water partition coefficient (Wildman–Crippen LogP) is 0.478. The van der Waals surface area contributed by atoms with Crippen molar-refractivity contribution in [3.8, 4) is 5.75 Å². The number of imide groups is 1. The van der Waals surface area contributed by atoms with Crippen LogP contribution in [0.25, 0.3) is 0 Å². The molecule has 9 heteroatoms. The number of ether oxygens (including phenoxy) is 2. The zero-order valence-electron chi connectivity index (χ0n) is 14.5. The van der Waals surface area contributed by atoms with E-state index in [9.17, 15) is 19.2 Å². The first-order chi connectivity index (χ1) is 12.3. The smallest absolute Gasteiger partial charge is 0.354 e. The Labute approximate surface area is 149 Å². The summed E-state index contributed by atoms with van der Waals surface area (Å²) in [5.74, 6) is -1.79. The average Bonchev–Trinajstić information content (AvgIpc) is 3.13. The van der Waals surface area contributed by atoms with Crippen LogP contribution in [-0.2, 0) is 23.9 Å². The van der Waals surface area contributed by atoms with Crippen molar-refractivity contribution in [3.05, 3.63) is 24.3 Å². The van der Waals surface area contributed by atoms with Crippen LogP contribution in [0.15, 0.2) is 29.4 Å². The van der Waals surface area contributed by atoms with Gasteiger partial charge in [0, 0.05) is 13.3 Å². The van der Waals surface area contributed by atoms with Crippen molar-refractivity contribution in [2.75, 3.05) is 19.1 Å². The molecule has 1 aromatic rings. The van der Waals surface area contributed by atoms with Crippen LogP contribution in [-0.4, -0.2) is 54.2 Å². The maximum absolute atomic E-state index is 13.1. The molecule has 0 unspecified atom stereocenters. The zero-order valence-corrected chi connectivity index (χ0v) is 14.5. The van der Waals surface area contributed by atoms with Crippen LogP contribution >= 0.6 is 0 Å². The van der Waals surface area contributed by atoms with E-state index in [4.69, 9.17) is 4.74 Å². The molecule has 1 spiro atoms. The van der Waals surface area contributed by atoms with Gasteiger partial charge in [-0.05, 0) is 24.3 Å². The molecule has 1 saturated heterocycles. The number of esters is 1. The Bertz CT molecular complexity index is 831. The Balaban J connectivity index is 1.98. The number of methoxy groups -OCH3 is 2. The highest BCUT2D eigenvalue weighted by atomic mass is 16.5. The zero-order chi connectivity index (χ0) is 19.1. The van der Waals surface area contributed by atoms with Gasteiger partial charge in [-0.25, -0.2) is 14.7 Å². The quantitative estimate of drug-likeness (QED) is 0.574. The molecule has 0 saturated carbocycles. The van der Waals surface area contributed by atoms with Crippen molar-refractivity contribution in [2.24, 2.45) is 5.10 Å². The lowest BCUT2D eigenvalue weighted by Gasteiger charge is -2.28. The van der Waals surface area contributed by atoms with E-state index in [2.05, 4.69) is 9.84 Å². The first-order valence-corrected chi connectivity index (χ1v) is 7.82. The van der Waals surface area contributed by atoms with E-state index in [1.54, 1.807) is 24.3 Å². The topological polar surface area (TPSA) is 106 Å². The number of benzene rings is 1. The van der Waals surface area contributed by atoms with E-state index >= 15 is 0 Å². The van der Waals surface area contributed by atoms with Crippen LogP contribution in [0.2, 0.25) is 0 Å². The van der Waals surface area contributed by atoms with Crippen molar-refractivity contribution in [3.63, 3.8) is 0 Å². The van der Waals surface area contributed by atoms with Crippen LogP contribution in [0.5, 0.6) is 5.75 Å². The van der Waals surface area contributed by atoms with E-state index in [0.717, 1.165) is 9.91 Å². The third-order valence-electron chi connectivity index (χ3n) is 4.43. The lowest BCUT2D eigenvalue weighted by Crippen LogP contribution is -2.51. The van der Waals surface area contributed by atoms with Gasteiger partial charge in [-0.3, -0.25) is 14.4 Å². The van der Waals surface area contributed by atoms with Crippen LogP contribution in [0.1, 0.15) is 19.8 Å². The second kappa shape index (κ2) is 6.25. The molecular weight excluding hydrogens is 342 g/mol. The molecule has 2 aliphatic rings. The monoisotopic (exact) mass is 359 g/mol. The minimum Gasteiger partial charge on any atom is -0.497 e. The summed E-state index contributed by atoms with van der Waals surface area (Å²) in [6.07, 6.45) is -0.433. The maximum Gasteiger partial charge on any atom is 0.354 e. The molecule has 0 aliphatic carbocycles. The summed E-state index contributed by atoms with van der Waals surface area (Å²) < 4.78 is 9.70. The number of nitrogens with zero attached hydrogens (tertiary/aromatic N) is 3. The van der Waals surface area contributed by atoms with Gasteiger partial charge in [-0.1, -0.05) is 0 Å². The molecule has 3 rings (SSSR count). The van der Waals surface area contributed by atoms with E-state index in [1.807, 2.05) is 0 Å². The molecule has 2 heterocycles. The number of hydrazone groups is 1. The van der Waals surface area contributed by atoms with E-state index in [0.29, 0.717) is 11.4 Å². The summed E-state index contributed by atoms with van der Waals surface area (Å²) in [6.45, 7) is 1.22. The molecule has 26 heavy (non-hydrogen) atoms. The van der Waals surface area contributed by atoms with Gasteiger partial charge in [-0.2, -0.15) is 5.10 Å². The number of carbonyl (C=O) groups is 4. The molecule has 1 atom stereocenters. The molecule has 0 N–H and O–H groups in total. The molecule has 0 bridgehead atoms. The van der Waals surface area contributed by atoms with Gasteiger partial charge in [-0.15, -0.1) is 0 Å². The van der Waals surface area contributed by atoms with Gasteiger partial charge in [0.2, 0.25) is 11.8 Å². The first-order valence-electron chi connectivity index (χ1n) is 7.82. The highest BCUT2D eigenvalue weighted by Gasteiger charge is 2.61. The fourth-order valence-corrected chi connectivity index (χ4v) is 3.23. The highest BCUT2D eigenvalue weighted by molar-refractivity contribution is 6.39. The number of hydrogen-bond donors (Lipinski definition) is 0. The summed E-state index contributed by atoms with van der Waals surface area (Å²) >= 11 is 0. The molecule has 2 aliphatic heterocycles. The summed E-state index contributed by atoms with van der Waals surface area (Å²) in [5.41, 5.74) is -1.25. The van der Waals surface area contributed by atoms with Crippen LogP contribution in [0, 0.1) is 0 Å². The molecular formula is C17H17N3O6. The standard InChI is InChI=1S/C17H17N3O6/c1-10(21)20-17(8-13(18-20)15(23)26-3)9-14(22)19(16(17)24)11-4-6-12(25-2)7-5-11/h4-7H,8-9H2,1-3H3/t17-/m0/s1. The lowest BCUT2D eigenvalue weighted by molar-refractivity contribution is -0.141. The Morgan fingerprint density at radius 1 is 1.12 bits per heavy atom. The molecule has 136 valence electrons. The van der Waals surface area contributed by atoms with Crippen LogP contribution < -0.4 is 9.64 Å². The van der Waals surface area contributed by atoms with E-state index < -0.39 is 29.2 Å². The van der Waals surface area contributed by atoms with Crippen molar-refractivity contribution >= 4 is 35.1 Å². The predicted molar refractivity (Wildman–Crippen MR) is 89.4 cm³/mol. The molecule has 9 nitrogen and oxygen atoms in total. The average molecular weight is 359 g/mol. The number of rotatable bonds is 3. The SMILES string of the molecule is COC(=O)C1=NN(C(C)=O)[C@]2(CC(=O)N(c3ccc(OC)cc3)C2=O)C1. The largest absolute Gasteiger partial charge is 0.497 e. The number of amides is 3. The lowest BCUT2D eigenvalue weighted by atomic mass is 9.91. The summed E-state index contributed by atoms with van der Waals surface area (Å²) in [6, 6.07) is 6.38. The Hall–Kier alpha value is -3.23. The highest BCUT2D eigenvalue weighted by Crippen LogP contribution is 2.40. The summed E-state index contributed by atoms with van der Waals surface area (Å²) in [5, 5.41) is 4.86. The van der Waals surface area contributed by atoms with Gasteiger partial charge in [0.15, 0.2) is 5.54 Å². The van der Waals surface area contributed by atoms with Crippen molar-refractivity contribution in [1.29, 1.82) is 0 Å². The normalized spacial score (nSPS) is 22.0. The number of carbonyl (C=O) groups excluding carboxylic acids is 4. The maximum atomic E-state index is 13.1. The van der Waals surface area contributed by atoms with Crippen molar-refractivity contribution in [2.45, 2.75) is 25.3 Å². The third kappa shape index (κ3) is 2.52. The first kappa shape index (κ1) is 17.6. The number of hydrogen-bond acceptors (Lipinski definition) is 7. The fraction of sp³-hybridized carbons (Fsp3) is 0.353. The van der Waals surface area contributed by atoms with Crippen molar-refractivity contribution < 1.29 is 28.7 Å². The summed E-state index contributed by atoms with van der Waals surface area (Å²) in [7, 11) is 2.68. The van der Waals surface area contributed by atoms with Gasteiger partial charge in [0.25, 0.3) is 5.91 Å². The van der Waals surface area contributed by atoms with Crippen molar-refractivity contribution in [1.82, 2.24) is 5.01 Å². The molecule has 1 fully saturated rings. The minimum atomic E-state index is -1.54. The fourth-order valence-electron chi connectivity index (χ4n) is 3.23. The van der Waals surface area contributed by atoms with Gasteiger partial charge >= 0.3 is 5.97 Å². The van der Waals surface area contributed by atoms with Gasteiger partial charge in [0.05, 0.1) is 26.3 Å². The molecule has 3 amide bonds. The van der Waals surface area contributed by atoms with E-state index in [1.165, 1.54) is 21.1 Å². The second-order valence-electron chi connectivity index (χ2n) is 5.99. The minimum absolute atomic E-state index is 0.0690. The molecule has 0 aromatic heterocycles. The molecule has 0 radical (unpaired) electrons.